The predicted octanol–water partition coefficient (Wildman–Crippen LogP) is 4.36. The Bertz CT molecular complexity index is 1170. The summed E-state index contributed by atoms with van der Waals surface area (Å²) in [6.45, 7) is 4.19. The number of amidine groups is 1. The van der Waals surface area contributed by atoms with Crippen LogP contribution < -0.4 is 10.2 Å². The van der Waals surface area contributed by atoms with Crippen molar-refractivity contribution in [3.05, 3.63) is 52.9 Å². The quantitative estimate of drug-likeness (QED) is 0.682. The van der Waals surface area contributed by atoms with Gasteiger partial charge in [-0.3, -0.25) is 4.99 Å². The monoisotopic (exact) mass is 483 g/mol. The van der Waals surface area contributed by atoms with Crippen LogP contribution in [0.5, 0.6) is 0 Å². The Kier molecular flexibility index (Phi) is 6.55. The van der Waals surface area contributed by atoms with Crippen molar-refractivity contribution in [2.24, 2.45) is 10.9 Å². The molecular weight excluding hydrogens is 455 g/mol. The summed E-state index contributed by atoms with van der Waals surface area (Å²) in [5.41, 5.74) is 1.07. The summed E-state index contributed by atoms with van der Waals surface area (Å²) in [6, 6.07) is 5.18. The van der Waals surface area contributed by atoms with Crippen LogP contribution in [0.25, 0.3) is 12.2 Å². The average molecular weight is 484 g/mol. The zero-order valence-corrected chi connectivity index (χ0v) is 19.6. The predicted molar refractivity (Wildman–Crippen MR) is 131 cm³/mol. The molecule has 0 spiro atoms. The van der Waals surface area contributed by atoms with Crippen LogP contribution in [0.1, 0.15) is 36.2 Å². The van der Waals surface area contributed by atoms with Crippen LogP contribution in [0.2, 0.25) is 0 Å². The third kappa shape index (κ3) is 6.05. The summed E-state index contributed by atoms with van der Waals surface area (Å²) in [6.07, 6.45) is 4.32. The second-order valence-electron chi connectivity index (χ2n) is 9.24. The molecule has 35 heavy (non-hydrogen) atoms. The van der Waals surface area contributed by atoms with Crippen molar-refractivity contribution >= 4 is 29.9 Å². The zero-order chi connectivity index (χ0) is 24.4. The molecule has 1 saturated carbocycles. The second-order valence-corrected chi connectivity index (χ2v) is 9.24. The third-order valence-electron chi connectivity index (χ3n) is 6.38. The molecule has 0 amide bonds. The van der Waals surface area contributed by atoms with Gasteiger partial charge in [-0.2, -0.15) is 28.1 Å². The molecular formula is C25H28F3N7. The molecule has 1 aromatic carbocycles. The van der Waals surface area contributed by atoms with Crippen molar-refractivity contribution in [1.82, 2.24) is 19.9 Å². The lowest BCUT2D eigenvalue weighted by Gasteiger charge is -2.21. The van der Waals surface area contributed by atoms with E-state index in [9.17, 15) is 13.2 Å². The van der Waals surface area contributed by atoms with E-state index in [1.54, 1.807) is 18.2 Å². The summed E-state index contributed by atoms with van der Waals surface area (Å²) in [5, 5.41) is 3.22. The Morgan fingerprint density at radius 1 is 1.03 bits per heavy atom. The number of nitrogens with zero attached hydrogens (tertiary/aromatic N) is 6. The van der Waals surface area contributed by atoms with Crippen LogP contribution in [0.15, 0.2) is 40.9 Å². The molecule has 184 valence electrons. The van der Waals surface area contributed by atoms with Crippen molar-refractivity contribution in [2.45, 2.75) is 25.4 Å². The maximum Gasteiger partial charge on any atom is 0.416 e. The molecule has 2 aromatic rings. The minimum Gasteiger partial charge on any atom is -0.339 e. The number of hydrogen-bond donors (Lipinski definition) is 1. The topological polar surface area (TPSA) is 69.5 Å². The molecule has 0 unspecified atom stereocenters. The van der Waals surface area contributed by atoms with E-state index in [2.05, 4.69) is 48.2 Å². The number of anilines is 2. The Morgan fingerprint density at radius 3 is 2.69 bits per heavy atom. The highest BCUT2D eigenvalue weighted by molar-refractivity contribution is 6.05. The van der Waals surface area contributed by atoms with Gasteiger partial charge in [0.1, 0.15) is 5.84 Å². The summed E-state index contributed by atoms with van der Waals surface area (Å²) < 4.78 is 39.3. The van der Waals surface area contributed by atoms with E-state index in [1.807, 2.05) is 0 Å². The van der Waals surface area contributed by atoms with Gasteiger partial charge < -0.3 is 15.1 Å². The van der Waals surface area contributed by atoms with Crippen LogP contribution >= 0.6 is 0 Å². The van der Waals surface area contributed by atoms with Gasteiger partial charge in [-0.05, 0) is 74.2 Å². The number of hydrogen-bond acceptors (Lipinski definition) is 7. The van der Waals surface area contributed by atoms with E-state index < -0.39 is 11.7 Å². The van der Waals surface area contributed by atoms with Gasteiger partial charge in [0.15, 0.2) is 5.82 Å². The molecule has 0 radical (unpaired) electrons. The molecule has 3 aliphatic rings. The average Bonchev–Trinajstić information content (AvgIpc) is 3.61. The molecule has 5 rings (SSSR count). The first-order chi connectivity index (χ1) is 16.8. The van der Waals surface area contributed by atoms with E-state index in [0.29, 0.717) is 35.7 Å². The third-order valence-corrected chi connectivity index (χ3v) is 6.38. The van der Waals surface area contributed by atoms with Crippen LogP contribution in [-0.4, -0.2) is 65.5 Å². The Labute approximate surface area is 202 Å². The minimum atomic E-state index is -4.39. The fourth-order valence-corrected chi connectivity index (χ4v) is 4.22. The van der Waals surface area contributed by atoms with Crippen LogP contribution in [0.3, 0.4) is 0 Å². The standard InChI is InChI=1S/C25H28F3N7/c1-34-10-3-11-35(13-12-34)24-32-21(9-6-17-4-2-5-20(14-17)25(26,27)28)30-23(33-24)31-22-15-19(16-29-22)18-7-8-18/h2,4-6,9,14-15,18H,3,7-8,10-13,16H2,1H3,(H,29,30,31,32,33)/b9-6+. The number of nitrogens with one attached hydrogen (secondary N) is 1. The van der Waals surface area contributed by atoms with Gasteiger partial charge in [0.05, 0.1) is 12.1 Å². The van der Waals surface area contributed by atoms with E-state index in [1.165, 1.54) is 24.5 Å². The maximum atomic E-state index is 13.1. The Hall–Kier alpha value is -3.27. The van der Waals surface area contributed by atoms with Gasteiger partial charge in [0.25, 0.3) is 0 Å². The fraction of sp³-hybridized carbons (Fsp3) is 0.440. The maximum absolute atomic E-state index is 13.1. The summed E-state index contributed by atoms with van der Waals surface area (Å²) in [7, 11) is 2.09. The van der Waals surface area contributed by atoms with E-state index in [4.69, 9.17) is 0 Å². The number of likely N-dealkylation sites (N-methyl/N-ethyl adjacent to an activating group) is 1. The Morgan fingerprint density at radius 2 is 1.89 bits per heavy atom. The molecule has 7 nitrogen and oxygen atoms in total. The van der Waals surface area contributed by atoms with Crippen LogP contribution in [-0.2, 0) is 6.18 Å². The second kappa shape index (κ2) is 9.77. The van der Waals surface area contributed by atoms with Crippen molar-refractivity contribution in [2.75, 3.05) is 50.0 Å². The molecule has 10 heteroatoms. The van der Waals surface area contributed by atoms with Crippen molar-refractivity contribution < 1.29 is 13.2 Å². The van der Waals surface area contributed by atoms with Gasteiger partial charge in [-0.1, -0.05) is 18.2 Å². The van der Waals surface area contributed by atoms with Gasteiger partial charge in [0, 0.05) is 19.6 Å². The van der Waals surface area contributed by atoms with Gasteiger partial charge in [0.2, 0.25) is 11.9 Å². The summed E-state index contributed by atoms with van der Waals surface area (Å²) in [5.74, 6) is 2.67. The minimum absolute atomic E-state index is 0.373. The van der Waals surface area contributed by atoms with Gasteiger partial charge in [-0.25, -0.2) is 0 Å². The highest BCUT2D eigenvalue weighted by atomic mass is 19.4. The fourth-order valence-electron chi connectivity index (χ4n) is 4.22. The lowest BCUT2D eigenvalue weighted by molar-refractivity contribution is -0.137. The first-order valence-electron chi connectivity index (χ1n) is 11.9. The molecule has 3 heterocycles. The molecule has 2 fully saturated rings. The van der Waals surface area contributed by atoms with E-state index in [0.717, 1.165) is 50.6 Å². The number of alkyl halides is 3. The number of aromatic nitrogens is 3. The van der Waals surface area contributed by atoms with Crippen molar-refractivity contribution in [3.63, 3.8) is 0 Å². The van der Waals surface area contributed by atoms with Crippen molar-refractivity contribution in [3.8, 4) is 0 Å². The van der Waals surface area contributed by atoms with Gasteiger partial charge >= 0.3 is 6.18 Å². The highest BCUT2D eigenvalue weighted by Crippen LogP contribution is 2.37. The summed E-state index contributed by atoms with van der Waals surface area (Å²) >= 11 is 0. The molecule has 1 N–H and O–H groups in total. The van der Waals surface area contributed by atoms with Crippen LogP contribution in [0.4, 0.5) is 25.1 Å². The largest absolute Gasteiger partial charge is 0.416 e. The molecule has 1 aromatic heterocycles. The Balaban J connectivity index is 1.42. The lowest BCUT2D eigenvalue weighted by atomic mass is 10.1. The highest BCUT2D eigenvalue weighted by Gasteiger charge is 2.30. The summed E-state index contributed by atoms with van der Waals surface area (Å²) in [4.78, 5) is 22.7. The van der Waals surface area contributed by atoms with E-state index in [-0.39, 0.29) is 0 Å². The first-order valence-corrected chi connectivity index (χ1v) is 11.9. The SMILES string of the molecule is CN1CCCN(c2nc(/C=C/c3cccc(C(F)(F)F)c3)nc(NC3=NCC(C4CC4)=C3)n2)CC1. The normalized spacial score (nSPS) is 19.6. The molecule has 2 aliphatic heterocycles. The molecule has 0 bridgehead atoms. The number of rotatable bonds is 5. The lowest BCUT2D eigenvalue weighted by Crippen LogP contribution is -2.30. The molecule has 1 saturated heterocycles. The zero-order valence-electron chi connectivity index (χ0n) is 19.6. The number of benzene rings is 1. The number of aliphatic imine (C=N–C) groups is 1. The van der Waals surface area contributed by atoms with E-state index >= 15 is 0 Å². The smallest absolute Gasteiger partial charge is 0.339 e. The van der Waals surface area contributed by atoms with Crippen LogP contribution in [0, 0.1) is 5.92 Å². The molecule has 1 aliphatic carbocycles. The molecule has 0 atom stereocenters. The van der Waals surface area contributed by atoms with Crippen molar-refractivity contribution in [1.29, 1.82) is 0 Å². The number of halogens is 3. The van der Waals surface area contributed by atoms with Gasteiger partial charge in [-0.15, -0.1) is 0 Å². The first kappa shape index (κ1) is 23.5.